The van der Waals surface area contributed by atoms with Crippen molar-refractivity contribution in [2.45, 2.75) is 6.92 Å². The van der Waals surface area contributed by atoms with Crippen molar-refractivity contribution in [3.05, 3.63) is 76.7 Å². The van der Waals surface area contributed by atoms with Crippen LogP contribution in [0.5, 0.6) is 5.75 Å². The number of nitrogens with one attached hydrogen (secondary N) is 2. The number of benzene rings is 2. The Labute approximate surface area is 190 Å². The minimum absolute atomic E-state index is 0.159. The number of hydrogen-bond donors (Lipinski definition) is 2. The number of furan rings is 1. The Kier molecular flexibility index (Phi) is 7.17. The molecule has 0 spiro atoms. The van der Waals surface area contributed by atoms with Crippen molar-refractivity contribution in [2.24, 2.45) is 0 Å². The number of carbonyl (C=O) groups excluding carboxylic acids is 3. The molecule has 2 N–H and O–H groups in total. The van der Waals surface area contributed by atoms with Crippen LogP contribution < -0.4 is 15.4 Å². The number of amides is 3. The van der Waals surface area contributed by atoms with Gasteiger partial charge in [-0.3, -0.25) is 14.4 Å². The molecule has 0 unspecified atom stereocenters. The van der Waals surface area contributed by atoms with Crippen molar-refractivity contribution in [1.82, 2.24) is 4.90 Å². The second-order valence-corrected chi connectivity index (χ2v) is 7.45. The van der Waals surface area contributed by atoms with E-state index in [2.05, 4.69) is 10.6 Å². The summed E-state index contributed by atoms with van der Waals surface area (Å²) in [4.78, 5) is 38.9. The van der Waals surface area contributed by atoms with E-state index in [-0.39, 0.29) is 18.2 Å². The van der Waals surface area contributed by atoms with Gasteiger partial charge in [0.1, 0.15) is 5.75 Å². The van der Waals surface area contributed by atoms with Crippen LogP contribution in [0.15, 0.2) is 59.2 Å². The molecule has 32 heavy (non-hydrogen) atoms. The lowest BCUT2D eigenvalue weighted by molar-refractivity contribution is -0.116. The highest BCUT2D eigenvalue weighted by Crippen LogP contribution is 2.27. The Morgan fingerprint density at radius 2 is 1.84 bits per heavy atom. The summed E-state index contributed by atoms with van der Waals surface area (Å²) < 4.78 is 10.3. The van der Waals surface area contributed by atoms with E-state index >= 15 is 0 Å². The van der Waals surface area contributed by atoms with Crippen molar-refractivity contribution in [1.29, 1.82) is 0 Å². The van der Waals surface area contributed by atoms with Gasteiger partial charge in [-0.2, -0.15) is 0 Å². The number of ether oxygens (including phenoxy) is 1. The summed E-state index contributed by atoms with van der Waals surface area (Å²) in [6.07, 6.45) is 1.40. The van der Waals surface area contributed by atoms with Crippen molar-refractivity contribution < 1.29 is 23.5 Å². The molecule has 9 heteroatoms. The number of halogens is 1. The van der Waals surface area contributed by atoms with Gasteiger partial charge in [0.15, 0.2) is 5.76 Å². The van der Waals surface area contributed by atoms with Crippen LogP contribution in [0.2, 0.25) is 5.02 Å². The number of aryl methyl sites for hydroxylation is 1. The molecule has 3 amide bonds. The molecule has 2 aromatic carbocycles. The topological polar surface area (TPSA) is 101 Å². The fourth-order valence-electron chi connectivity index (χ4n) is 2.96. The lowest BCUT2D eigenvalue weighted by Gasteiger charge is -2.18. The Morgan fingerprint density at radius 3 is 2.53 bits per heavy atom. The van der Waals surface area contributed by atoms with Crippen LogP contribution in [0.1, 0.15) is 26.5 Å². The van der Waals surface area contributed by atoms with E-state index in [4.69, 9.17) is 20.8 Å². The van der Waals surface area contributed by atoms with Gasteiger partial charge in [-0.1, -0.05) is 17.7 Å². The minimum Gasteiger partial charge on any atom is -0.495 e. The zero-order valence-corrected chi connectivity index (χ0v) is 18.5. The van der Waals surface area contributed by atoms with Crippen LogP contribution >= 0.6 is 11.6 Å². The minimum atomic E-state index is -0.425. The monoisotopic (exact) mass is 455 g/mol. The van der Waals surface area contributed by atoms with Crippen LogP contribution in [0.4, 0.5) is 11.4 Å². The number of carbonyl (C=O) groups is 3. The largest absolute Gasteiger partial charge is 0.495 e. The van der Waals surface area contributed by atoms with E-state index in [0.717, 1.165) is 5.56 Å². The molecule has 0 aliphatic rings. The first-order valence-electron chi connectivity index (χ1n) is 9.63. The van der Waals surface area contributed by atoms with E-state index in [1.54, 1.807) is 48.5 Å². The van der Waals surface area contributed by atoms with E-state index in [1.807, 2.05) is 6.92 Å². The summed E-state index contributed by atoms with van der Waals surface area (Å²) in [5.41, 5.74) is 1.97. The zero-order valence-electron chi connectivity index (χ0n) is 17.8. The van der Waals surface area contributed by atoms with Crippen LogP contribution in [0.3, 0.4) is 0 Å². The molecular weight excluding hydrogens is 434 g/mol. The predicted octanol–water partition coefficient (Wildman–Crippen LogP) is 4.21. The summed E-state index contributed by atoms with van der Waals surface area (Å²) in [7, 11) is 2.99. The molecule has 0 aliphatic carbocycles. The molecule has 1 aromatic heterocycles. The Balaban J connectivity index is 1.68. The van der Waals surface area contributed by atoms with Crippen LogP contribution in [0, 0.1) is 6.92 Å². The maximum Gasteiger partial charge on any atom is 0.291 e. The van der Waals surface area contributed by atoms with Crippen molar-refractivity contribution >= 4 is 40.7 Å². The van der Waals surface area contributed by atoms with E-state index in [9.17, 15) is 14.4 Å². The SMILES string of the molecule is COc1ccc(Cl)cc1NC(=O)CN(C)C(=O)c1ccc(C)c(NC(=O)c2ccco2)c1. The van der Waals surface area contributed by atoms with Crippen molar-refractivity contribution in [2.75, 3.05) is 31.3 Å². The standard InChI is InChI=1S/C23H22ClN3O5/c1-14-6-7-15(11-17(14)26-22(29)20-5-4-10-32-20)23(30)27(2)13-21(28)25-18-12-16(24)8-9-19(18)31-3/h4-12H,13H2,1-3H3,(H,25,28)(H,26,29). The Bertz CT molecular complexity index is 1140. The van der Waals surface area contributed by atoms with E-state index < -0.39 is 11.8 Å². The summed E-state index contributed by atoms with van der Waals surface area (Å²) in [6, 6.07) is 12.9. The number of rotatable bonds is 7. The third-order valence-electron chi connectivity index (χ3n) is 4.64. The van der Waals surface area contributed by atoms with Crippen LogP contribution in [-0.2, 0) is 4.79 Å². The van der Waals surface area contributed by atoms with Gasteiger partial charge in [-0.05, 0) is 55.0 Å². The van der Waals surface area contributed by atoms with Gasteiger partial charge in [0.25, 0.3) is 11.8 Å². The van der Waals surface area contributed by atoms with Crippen LogP contribution in [-0.4, -0.2) is 43.3 Å². The quantitative estimate of drug-likeness (QED) is 0.555. The second-order valence-electron chi connectivity index (χ2n) is 7.02. The maximum atomic E-state index is 12.9. The molecule has 0 fully saturated rings. The average molecular weight is 456 g/mol. The molecular formula is C23H22ClN3O5. The van der Waals surface area contributed by atoms with Crippen LogP contribution in [0.25, 0.3) is 0 Å². The van der Waals surface area contributed by atoms with Crippen molar-refractivity contribution in [3.63, 3.8) is 0 Å². The third kappa shape index (κ3) is 5.47. The number of nitrogens with zero attached hydrogens (tertiary/aromatic N) is 1. The molecule has 0 radical (unpaired) electrons. The molecule has 8 nitrogen and oxygen atoms in total. The summed E-state index contributed by atoms with van der Waals surface area (Å²) in [6.45, 7) is 1.61. The normalized spacial score (nSPS) is 10.4. The molecule has 0 saturated carbocycles. The van der Waals surface area contributed by atoms with Gasteiger partial charge in [0, 0.05) is 23.3 Å². The van der Waals surface area contributed by atoms with Gasteiger partial charge in [-0.15, -0.1) is 0 Å². The molecule has 0 atom stereocenters. The average Bonchev–Trinajstić information content (AvgIpc) is 3.30. The molecule has 0 saturated heterocycles. The summed E-state index contributed by atoms with van der Waals surface area (Å²) in [5, 5.41) is 5.86. The van der Waals surface area contributed by atoms with Gasteiger partial charge in [-0.25, -0.2) is 0 Å². The first-order valence-corrected chi connectivity index (χ1v) is 10.0. The fraction of sp³-hybridized carbons (Fsp3) is 0.174. The number of likely N-dealkylation sites (N-methyl/N-ethyl adjacent to an activating group) is 1. The summed E-state index contributed by atoms with van der Waals surface area (Å²) in [5.74, 6) is -0.615. The smallest absolute Gasteiger partial charge is 0.291 e. The van der Waals surface area contributed by atoms with Gasteiger partial charge >= 0.3 is 0 Å². The summed E-state index contributed by atoms with van der Waals surface area (Å²) >= 11 is 5.98. The molecule has 0 aliphatic heterocycles. The van der Waals surface area contributed by atoms with E-state index in [1.165, 1.54) is 25.3 Å². The predicted molar refractivity (Wildman–Crippen MR) is 121 cm³/mol. The highest BCUT2D eigenvalue weighted by molar-refractivity contribution is 6.31. The number of methoxy groups -OCH3 is 1. The Hall–Kier alpha value is -3.78. The first kappa shape index (κ1) is 22.9. The second kappa shape index (κ2) is 10.0. The lowest BCUT2D eigenvalue weighted by Crippen LogP contribution is -2.35. The molecule has 3 rings (SSSR count). The van der Waals surface area contributed by atoms with Crippen molar-refractivity contribution in [3.8, 4) is 5.75 Å². The first-order chi connectivity index (χ1) is 15.3. The highest BCUT2D eigenvalue weighted by Gasteiger charge is 2.18. The molecule has 1 heterocycles. The van der Waals surface area contributed by atoms with E-state index in [0.29, 0.717) is 27.7 Å². The fourth-order valence-corrected chi connectivity index (χ4v) is 3.13. The highest BCUT2D eigenvalue weighted by atomic mass is 35.5. The van der Waals surface area contributed by atoms with Gasteiger partial charge < -0.3 is 24.7 Å². The zero-order chi connectivity index (χ0) is 23.3. The molecule has 3 aromatic rings. The Morgan fingerprint density at radius 1 is 1.06 bits per heavy atom. The molecule has 0 bridgehead atoms. The molecule has 166 valence electrons. The van der Waals surface area contributed by atoms with Gasteiger partial charge in [0.05, 0.1) is 25.6 Å². The maximum absolute atomic E-state index is 12.9. The third-order valence-corrected chi connectivity index (χ3v) is 4.88. The number of anilines is 2. The lowest BCUT2D eigenvalue weighted by atomic mass is 10.1. The van der Waals surface area contributed by atoms with Gasteiger partial charge in [0.2, 0.25) is 5.91 Å². The number of hydrogen-bond acceptors (Lipinski definition) is 5.